The average molecular weight is 336 g/mol. The fraction of sp³-hybridized carbons (Fsp3) is 0.611. The van der Waals surface area contributed by atoms with Crippen LogP contribution in [-0.4, -0.2) is 29.1 Å². The lowest BCUT2D eigenvalue weighted by molar-refractivity contribution is -0.385. The Morgan fingerprint density at radius 2 is 1.92 bits per heavy atom. The van der Waals surface area contributed by atoms with E-state index in [1.807, 2.05) is 40.7 Å². The molecule has 1 rings (SSSR count). The van der Waals surface area contributed by atoms with Crippen LogP contribution in [0, 0.1) is 16.0 Å². The van der Waals surface area contributed by atoms with Crippen LogP contribution in [0.4, 0.5) is 5.69 Å². The largest absolute Gasteiger partial charge is 0.460 e. The van der Waals surface area contributed by atoms with Crippen molar-refractivity contribution >= 4 is 11.7 Å². The van der Waals surface area contributed by atoms with Crippen molar-refractivity contribution in [3.8, 4) is 0 Å². The van der Waals surface area contributed by atoms with Crippen LogP contribution in [0.2, 0.25) is 0 Å². The van der Waals surface area contributed by atoms with E-state index in [1.54, 1.807) is 12.1 Å². The molecule has 24 heavy (non-hydrogen) atoms. The lowest BCUT2D eigenvalue weighted by Gasteiger charge is -2.23. The van der Waals surface area contributed by atoms with Gasteiger partial charge >= 0.3 is 5.97 Å². The minimum atomic E-state index is -0.483. The fourth-order valence-corrected chi connectivity index (χ4v) is 2.24. The van der Waals surface area contributed by atoms with E-state index < -0.39 is 5.60 Å². The molecule has 0 amide bonds. The van der Waals surface area contributed by atoms with E-state index in [9.17, 15) is 14.9 Å². The summed E-state index contributed by atoms with van der Waals surface area (Å²) in [6.07, 6.45) is 1.37. The van der Waals surface area contributed by atoms with Gasteiger partial charge in [0.25, 0.3) is 5.69 Å². The van der Waals surface area contributed by atoms with Crippen molar-refractivity contribution in [1.82, 2.24) is 5.32 Å². The Kier molecular flexibility index (Phi) is 7.35. The van der Waals surface area contributed by atoms with Gasteiger partial charge in [0, 0.05) is 24.2 Å². The predicted molar refractivity (Wildman–Crippen MR) is 93.9 cm³/mol. The van der Waals surface area contributed by atoms with E-state index in [2.05, 4.69) is 5.32 Å². The quantitative estimate of drug-likeness (QED) is 0.446. The molecule has 2 unspecified atom stereocenters. The third kappa shape index (κ3) is 7.08. The maximum atomic E-state index is 11.9. The first kappa shape index (κ1) is 20.1. The predicted octanol–water partition coefficient (Wildman–Crippen LogP) is 3.48. The Hall–Kier alpha value is -1.95. The monoisotopic (exact) mass is 336 g/mol. The molecule has 1 aromatic carbocycles. The van der Waals surface area contributed by atoms with Gasteiger partial charge in [-0.05, 0) is 40.5 Å². The molecule has 0 aliphatic carbocycles. The Morgan fingerprint density at radius 1 is 1.29 bits per heavy atom. The zero-order valence-electron chi connectivity index (χ0n) is 15.2. The van der Waals surface area contributed by atoms with Gasteiger partial charge in [-0.3, -0.25) is 14.9 Å². The third-order valence-electron chi connectivity index (χ3n) is 3.62. The molecule has 0 bridgehead atoms. The summed E-state index contributed by atoms with van der Waals surface area (Å²) in [6.45, 7) is 9.90. The number of carbonyl (C=O) groups excluding carboxylic acids is 1. The van der Waals surface area contributed by atoms with Crippen LogP contribution in [0.1, 0.15) is 46.6 Å². The topological polar surface area (TPSA) is 81.5 Å². The Bertz CT molecular complexity index is 566. The van der Waals surface area contributed by atoms with Crippen molar-refractivity contribution in [3.05, 3.63) is 39.9 Å². The molecular formula is C18H28N2O4. The molecule has 0 aliphatic heterocycles. The van der Waals surface area contributed by atoms with Gasteiger partial charge in [-0.1, -0.05) is 25.1 Å². The van der Waals surface area contributed by atoms with Crippen molar-refractivity contribution in [1.29, 1.82) is 0 Å². The molecule has 0 saturated heterocycles. The molecule has 0 spiro atoms. The van der Waals surface area contributed by atoms with E-state index in [1.165, 1.54) is 6.07 Å². The number of nitro benzene ring substituents is 1. The van der Waals surface area contributed by atoms with Crippen molar-refractivity contribution in [2.24, 2.45) is 5.92 Å². The zero-order valence-corrected chi connectivity index (χ0v) is 15.2. The number of ether oxygens (including phenoxy) is 1. The van der Waals surface area contributed by atoms with E-state index in [4.69, 9.17) is 4.74 Å². The summed E-state index contributed by atoms with van der Waals surface area (Å²) >= 11 is 0. The van der Waals surface area contributed by atoms with Gasteiger partial charge in [0.15, 0.2) is 0 Å². The summed E-state index contributed by atoms with van der Waals surface area (Å²) in [4.78, 5) is 22.6. The van der Waals surface area contributed by atoms with Crippen molar-refractivity contribution in [3.63, 3.8) is 0 Å². The van der Waals surface area contributed by atoms with E-state index >= 15 is 0 Å². The average Bonchev–Trinajstić information content (AvgIpc) is 2.48. The molecule has 6 heteroatoms. The molecule has 0 aromatic heterocycles. The Balaban J connectivity index is 2.43. The second-order valence-electron chi connectivity index (χ2n) is 7.17. The first-order chi connectivity index (χ1) is 11.1. The van der Waals surface area contributed by atoms with Gasteiger partial charge < -0.3 is 10.1 Å². The summed E-state index contributed by atoms with van der Waals surface area (Å²) < 4.78 is 5.35. The van der Waals surface area contributed by atoms with Crippen LogP contribution in [-0.2, 0) is 16.0 Å². The van der Waals surface area contributed by atoms with E-state index in [-0.39, 0.29) is 28.5 Å². The first-order valence-electron chi connectivity index (χ1n) is 8.28. The van der Waals surface area contributed by atoms with Crippen LogP contribution in [0.5, 0.6) is 0 Å². The summed E-state index contributed by atoms with van der Waals surface area (Å²) in [5, 5.41) is 14.3. The van der Waals surface area contributed by atoms with E-state index in [0.29, 0.717) is 13.0 Å². The Morgan fingerprint density at radius 3 is 2.50 bits per heavy atom. The normalized spacial score (nSPS) is 14.0. The highest BCUT2D eigenvalue weighted by Gasteiger charge is 2.22. The van der Waals surface area contributed by atoms with Crippen molar-refractivity contribution in [2.45, 2.75) is 59.1 Å². The highest BCUT2D eigenvalue weighted by molar-refractivity contribution is 5.72. The summed E-state index contributed by atoms with van der Waals surface area (Å²) in [5.41, 5.74) is 0.409. The van der Waals surface area contributed by atoms with Gasteiger partial charge in [-0.25, -0.2) is 0 Å². The number of para-hydroxylation sites is 1. The number of hydrogen-bond acceptors (Lipinski definition) is 5. The number of aryl methyl sites for hydroxylation is 1. The number of rotatable bonds is 8. The minimum absolute atomic E-state index is 0.148. The SMILES string of the molecule is CC(CCc1ccccc1[N+](=O)[O-])NCC(C)C(=O)OC(C)(C)C. The molecule has 1 aromatic rings. The fourth-order valence-electron chi connectivity index (χ4n) is 2.24. The maximum absolute atomic E-state index is 11.9. The molecule has 6 nitrogen and oxygen atoms in total. The number of hydrogen-bond donors (Lipinski definition) is 1. The third-order valence-corrected chi connectivity index (χ3v) is 3.62. The van der Waals surface area contributed by atoms with Crippen LogP contribution in [0.15, 0.2) is 24.3 Å². The van der Waals surface area contributed by atoms with Gasteiger partial charge in [-0.15, -0.1) is 0 Å². The molecule has 0 aliphatic rings. The Labute approximate surface area is 143 Å². The molecule has 0 fully saturated rings. The van der Waals surface area contributed by atoms with Gasteiger partial charge in [0.1, 0.15) is 5.60 Å². The standard InChI is InChI=1S/C18H28N2O4/c1-13(17(21)24-18(3,4)5)12-19-14(2)10-11-15-8-6-7-9-16(15)20(22)23/h6-9,13-14,19H,10-12H2,1-5H3. The molecular weight excluding hydrogens is 308 g/mol. The van der Waals surface area contributed by atoms with Gasteiger partial charge in [0.2, 0.25) is 0 Å². The molecule has 0 saturated carbocycles. The first-order valence-corrected chi connectivity index (χ1v) is 8.28. The van der Waals surface area contributed by atoms with Crippen molar-refractivity contribution in [2.75, 3.05) is 6.54 Å². The molecule has 0 heterocycles. The number of nitro groups is 1. The van der Waals surface area contributed by atoms with Gasteiger partial charge in [0.05, 0.1) is 10.8 Å². The number of benzene rings is 1. The second-order valence-corrected chi connectivity index (χ2v) is 7.17. The van der Waals surface area contributed by atoms with Crippen LogP contribution < -0.4 is 5.32 Å². The highest BCUT2D eigenvalue weighted by Crippen LogP contribution is 2.19. The zero-order chi connectivity index (χ0) is 18.3. The lowest BCUT2D eigenvalue weighted by Crippen LogP contribution is -2.36. The number of nitrogens with one attached hydrogen (secondary N) is 1. The second kappa shape index (κ2) is 8.78. The molecule has 1 N–H and O–H groups in total. The number of esters is 1. The maximum Gasteiger partial charge on any atom is 0.310 e. The van der Waals surface area contributed by atoms with Crippen molar-refractivity contribution < 1.29 is 14.5 Å². The van der Waals surface area contributed by atoms with Crippen LogP contribution in [0.25, 0.3) is 0 Å². The molecule has 0 radical (unpaired) electrons. The smallest absolute Gasteiger partial charge is 0.310 e. The minimum Gasteiger partial charge on any atom is -0.460 e. The number of nitrogens with zero attached hydrogens (tertiary/aromatic N) is 1. The molecule has 2 atom stereocenters. The lowest BCUT2D eigenvalue weighted by atomic mass is 10.0. The van der Waals surface area contributed by atoms with Crippen LogP contribution >= 0.6 is 0 Å². The summed E-state index contributed by atoms with van der Waals surface area (Å²) in [6, 6.07) is 6.94. The van der Waals surface area contributed by atoms with Gasteiger partial charge in [-0.2, -0.15) is 0 Å². The molecule has 134 valence electrons. The number of carbonyl (C=O) groups is 1. The van der Waals surface area contributed by atoms with E-state index in [0.717, 1.165) is 12.0 Å². The van der Waals surface area contributed by atoms with Crippen LogP contribution in [0.3, 0.4) is 0 Å². The summed E-state index contributed by atoms with van der Waals surface area (Å²) in [5.74, 6) is -0.460. The highest BCUT2D eigenvalue weighted by atomic mass is 16.6. The summed E-state index contributed by atoms with van der Waals surface area (Å²) in [7, 11) is 0.